The van der Waals surface area contributed by atoms with Crippen LogP contribution in [-0.2, 0) is 10.8 Å². The Labute approximate surface area is 111 Å². The third-order valence-electron chi connectivity index (χ3n) is 2.53. The Morgan fingerprint density at radius 1 is 0.824 bits per heavy atom. The van der Waals surface area contributed by atoms with Gasteiger partial charge in [-0.15, -0.1) is 23.5 Å². The van der Waals surface area contributed by atoms with Crippen molar-refractivity contribution in [3.8, 4) is 0 Å². The third-order valence-corrected chi connectivity index (χ3v) is 6.57. The lowest BCUT2D eigenvalue weighted by Crippen LogP contribution is -1.99. The molecular weight excluding hydrogens is 268 g/mol. The number of thioether (sulfide) groups is 2. The molecule has 2 aromatic carbocycles. The van der Waals surface area contributed by atoms with Crippen LogP contribution in [0.4, 0.5) is 0 Å². The lowest BCUT2D eigenvalue weighted by molar-refractivity contribution is 0.680. The molecule has 0 aromatic heterocycles. The van der Waals surface area contributed by atoms with Gasteiger partial charge in [-0.1, -0.05) is 24.3 Å². The van der Waals surface area contributed by atoms with E-state index in [1.807, 2.05) is 48.5 Å². The molecule has 3 rings (SSSR count). The van der Waals surface area contributed by atoms with Crippen molar-refractivity contribution in [1.82, 2.24) is 0 Å². The Balaban J connectivity index is 2.18. The van der Waals surface area contributed by atoms with Crippen LogP contribution in [0.3, 0.4) is 0 Å². The maximum atomic E-state index is 12.6. The molecule has 1 aliphatic rings. The second kappa shape index (κ2) is 4.88. The van der Waals surface area contributed by atoms with Crippen molar-refractivity contribution in [1.29, 1.82) is 0 Å². The molecule has 0 saturated carbocycles. The van der Waals surface area contributed by atoms with Gasteiger partial charge in [0.25, 0.3) is 0 Å². The highest BCUT2D eigenvalue weighted by molar-refractivity contribution is 8.16. The topological polar surface area (TPSA) is 17.1 Å². The van der Waals surface area contributed by atoms with Gasteiger partial charge in [-0.25, -0.2) is 4.21 Å². The maximum absolute atomic E-state index is 12.6. The monoisotopic (exact) mass is 278 g/mol. The summed E-state index contributed by atoms with van der Waals surface area (Å²) in [6, 6.07) is 15.9. The first-order chi connectivity index (χ1) is 8.36. The summed E-state index contributed by atoms with van der Waals surface area (Å²) < 4.78 is 12.6. The number of hydrogen-bond acceptors (Lipinski definition) is 3. The molecule has 4 heteroatoms. The van der Waals surface area contributed by atoms with Crippen molar-refractivity contribution >= 4 is 34.3 Å². The molecule has 0 aliphatic carbocycles. The lowest BCUT2D eigenvalue weighted by Gasteiger charge is -2.15. The van der Waals surface area contributed by atoms with Gasteiger partial charge in [0.15, 0.2) is 0 Å². The first kappa shape index (κ1) is 11.4. The van der Waals surface area contributed by atoms with Crippen molar-refractivity contribution in [3.05, 3.63) is 48.5 Å². The molecule has 0 spiro atoms. The average Bonchev–Trinajstić information content (AvgIpc) is 2.37. The zero-order valence-electron chi connectivity index (χ0n) is 8.96. The Morgan fingerprint density at radius 2 is 1.29 bits per heavy atom. The van der Waals surface area contributed by atoms with Crippen molar-refractivity contribution in [2.75, 3.05) is 5.08 Å². The van der Waals surface area contributed by atoms with E-state index in [4.69, 9.17) is 0 Å². The standard InChI is InChI=1S/C13H10OS3/c14-17-12-7-3-1-5-10(12)15-9-16-11-6-2-4-8-13(11)17/h1-8H,9H2. The van der Waals surface area contributed by atoms with Gasteiger partial charge in [0.2, 0.25) is 0 Å². The summed E-state index contributed by atoms with van der Waals surface area (Å²) >= 11 is 3.52. The largest absolute Gasteiger partial charge is 0.249 e. The van der Waals surface area contributed by atoms with Crippen LogP contribution in [0.15, 0.2) is 68.1 Å². The van der Waals surface area contributed by atoms with E-state index >= 15 is 0 Å². The van der Waals surface area contributed by atoms with Crippen molar-refractivity contribution in [3.63, 3.8) is 0 Å². The summed E-state index contributed by atoms with van der Waals surface area (Å²) in [6.45, 7) is 0. The predicted octanol–water partition coefficient (Wildman–Crippen LogP) is 4.01. The number of benzene rings is 2. The van der Waals surface area contributed by atoms with Gasteiger partial charge in [-0.3, -0.25) is 0 Å². The Bertz CT molecular complexity index is 531. The maximum Gasteiger partial charge on any atom is 0.0872 e. The van der Waals surface area contributed by atoms with Crippen LogP contribution in [0.5, 0.6) is 0 Å². The molecule has 17 heavy (non-hydrogen) atoms. The highest BCUT2D eigenvalue weighted by atomic mass is 32.2. The molecule has 0 fully saturated rings. The minimum Gasteiger partial charge on any atom is -0.249 e. The first-order valence-electron chi connectivity index (χ1n) is 5.22. The summed E-state index contributed by atoms with van der Waals surface area (Å²) in [7, 11) is -1.06. The Hall–Kier alpha value is -0.710. The molecular formula is C13H10OS3. The van der Waals surface area contributed by atoms with Gasteiger partial charge in [0.1, 0.15) is 0 Å². The van der Waals surface area contributed by atoms with E-state index in [9.17, 15) is 4.21 Å². The fourth-order valence-electron chi connectivity index (χ4n) is 1.72. The molecule has 0 unspecified atom stereocenters. The van der Waals surface area contributed by atoms with Crippen molar-refractivity contribution in [2.45, 2.75) is 19.6 Å². The summed E-state index contributed by atoms with van der Waals surface area (Å²) in [5.74, 6) is 0. The van der Waals surface area contributed by atoms with E-state index in [1.165, 1.54) is 0 Å². The van der Waals surface area contributed by atoms with Crippen LogP contribution in [0.2, 0.25) is 0 Å². The number of fused-ring (bicyclic) bond motifs is 2. The zero-order chi connectivity index (χ0) is 11.7. The normalized spacial score (nSPS) is 15.5. The molecule has 0 saturated heterocycles. The fourth-order valence-corrected chi connectivity index (χ4v) is 5.69. The van der Waals surface area contributed by atoms with Crippen LogP contribution in [0, 0.1) is 0 Å². The van der Waals surface area contributed by atoms with Crippen LogP contribution in [0.25, 0.3) is 0 Å². The predicted molar refractivity (Wildman–Crippen MR) is 74.1 cm³/mol. The molecule has 1 aliphatic heterocycles. The highest BCUT2D eigenvalue weighted by Gasteiger charge is 2.18. The van der Waals surface area contributed by atoms with E-state index in [0.717, 1.165) is 24.7 Å². The van der Waals surface area contributed by atoms with E-state index in [-0.39, 0.29) is 0 Å². The van der Waals surface area contributed by atoms with Gasteiger partial charge < -0.3 is 0 Å². The molecule has 0 N–H and O–H groups in total. The van der Waals surface area contributed by atoms with Gasteiger partial charge in [0, 0.05) is 14.9 Å². The number of rotatable bonds is 0. The van der Waals surface area contributed by atoms with Gasteiger partial charge in [-0.05, 0) is 24.3 Å². The van der Waals surface area contributed by atoms with Crippen LogP contribution in [0.1, 0.15) is 0 Å². The Morgan fingerprint density at radius 3 is 1.82 bits per heavy atom. The second-order valence-electron chi connectivity index (χ2n) is 3.57. The van der Waals surface area contributed by atoms with Crippen LogP contribution >= 0.6 is 23.5 Å². The van der Waals surface area contributed by atoms with Gasteiger partial charge in [-0.2, -0.15) is 0 Å². The van der Waals surface area contributed by atoms with Crippen LogP contribution < -0.4 is 0 Å². The molecule has 0 amide bonds. The zero-order valence-corrected chi connectivity index (χ0v) is 11.4. The summed E-state index contributed by atoms with van der Waals surface area (Å²) in [5, 5.41) is 0.964. The van der Waals surface area contributed by atoms with Crippen molar-refractivity contribution < 1.29 is 4.21 Å². The van der Waals surface area contributed by atoms with E-state index < -0.39 is 10.8 Å². The molecule has 0 bridgehead atoms. The van der Waals surface area contributed by atoms with Gasteiger partial charge in [0.05, 0.1) is 20.6 Å². The quantitative estimate of drug-likeness (QED) is 0.725. The molecule has 0 radical (unpaired) electrons. The second-order valence-corrected chi connectivity index (χ2v) is 7.39. The average molecular weight is 278 g/mol. The fraction of sp³-hybridized carbons (Fsp3) is 0.0769. The summed E-state index contributed by atoms with van der Waals surface area (Å²) in [6.07, 6.45) is 0. The molecule has 0 atom stereocenters. The number of hydrogen-bond donors (Lipinski definition) is 0. The van der Waals surface area contributed by atoms with Gasteiger partial charge >= 0.3 is 0 Å². The highest BCUT2D eigenvalue weighted by Crippen LogP contribution is 2.38. The molecule has 1 heterocycles. The van der Waals surface area contributed by atoms with Crippen molar-refractivity contribution in [2.24, 2.45) is 0 Å². The summed E-state index contributed by atoms with van der Waals surface area (Å²) in [4.78, 5) is 4.14. The Kier molecular flexibility index (Phi) is 3.27. The first-order valence-corrected chi connectivity index (χ1v) is 8.34. The van der Waals surface area contributed by atoms with Crippen LogP contribution in [-0.4, -0.2) is 9.29 Å². The smallest absolute Gasteiger partial charge is 0.0872 e. The summed E-state index contributed by atoms with van der Waals surface area (Å²) in [5.41, 5.74) is 0. The minimum absolute atomic E-state index is 0.935. The minimum atomic E-state index is -1.06. The van der Waals surface area contributed by atoms with E-state index in [2.05, 4.69) is 0 Å². The third kappa shape index (κ3) is 2.17. The lowest BCUT2D eigenvalue weighted by atomic mass is 10.4. The molecule has 1 nitrogen and oxygen atoms in total. The molecule has 86 valence electrons. The van der Waals surface area contributed by atoms with E-state index in [0.29, 0.717) is 0 Å². The van der Waals surface area contributed by atoms with E-state index in [1.54, 1.807) is 23.5 Å². The molecule has 2 aromatic rings. The SMILES string of the molecule is O=S1c2ccccc2SCSc2ccccc21.